The molecule has 3 aromatic rings. The molecule has 1 aliphatic heterocycles. The number of ether oxygens (including phenoxy) is 1. The zero-order valence-electron chi connectivity index (χ0n) is 17.7. The van der Waals surface area contributed by atoms with Crippen LogP contribution in [0.2, 0.25) is 5.02 Å². The van der Waals surface area contributed by atoms with Crippen LogP contribution in [0.1, 0.15) is 12.8 Å². The number of halogens is 4. The predicted molar refractivity (Wildman–Crippen MR) is 121 cm³/mol. The Labute approximate surface area is 197 Å². The van der Waals surface area contributed by atoms with Gasteiger partial charge in [-0.25, -0.2) is 13.2 Å². The lowest BCUT2D eigenvalue weighted by atomic mass is 10.1. The van der Waals surface area contributed by atoms with Crippen LogP contribution in [-0.4, -0.2) is 52.2 Å². The fourth-order valence-corrected chi connectivity index (χ4v) is 3.61. The van der Waals surface area contributed by atoms with Crippen molar-refractivity contribution in [2.45, 2.75) is 25.4 Å². The van der Waals surface area contributed by atoms with Crippen LogP contribution in [0.4, 0.5) is 24.5 Å². The Kier molecular flexibility index (Phi) is 7.31. The molecule has 2 heterocycles. The van der Waals surface area contributed by atoms with Crippen molar-refractivity contribution in [1.82, 2.24) is 20.6 Å². The molecule has 4 rings (SSSR count). The van der Waals surface area contributed by atoms with Crippen molar-refractivity contribution in [3.05, 3.63) is 59.4 Å². The van der Waals surface area contributed by atoms with E-state index < -0.39 is 24.9 Å². The number of nitrogens with zero attached hydrogens (tertiary/aromatic N) is 4. The molecule has 1 atom stereocenters. The SMILES string of the molecule is O=C(Nc1ccc(N2CCC=C(F)C2)cc1-c1nn[nH]n1)[C@H](CC(F)F)Oc1ccc(Cl)cc1. The summed E-state index contributed by atoms with van der Waals surface area (Å²) in [5.74, 6) is -0.619. The molecule has 178 valence electrons. The lowest BCUT2D eigenvalue weighted by Gasteiger charge is -2.27. The number of alkyl halides is 2. The molecule has 2 N–H and O–H groups in total. The Balaban J connectivity index is 1.59. The van der Waals surface area contributed by atoms with E-state index in [1.54, 1.807) is 18.2 Å². The molecule has 0 spiro atoms. The van der Waals surface area contributed by atoms with E-state index >= 15 is 0 Å². The van der Waals surface area contributed by atoms with E-state index in [1.807, 2.05) is 4.90 Å². The van der Waals surface area contributed by atoms with Crippen LogP contribution in [0.3, 0.4) is 0 Å². The molecule has 0 bridgehead atoms. The van der Waals surface area contributed by atoms with Crippen molar-refractivity contribution in [2.24, 2.45) is 0 Å². The first-order valence-corrected chi connectivity index (χ1v) is 10.8. The van der Waals surface area contributed by atoms with Gasteiger partial charge in [0.15, 0.2) is 6.10 Å². The first-order chi connectivity index (χ1) is 16.4. The Hall–Kier alpha value is -3.60. The zero-order valence-corrected chi connectivity index (χ0v) is 18.5. The summed E-state index contributed by atoms with van der Waals surface area (Å²) in [7, 11) is 0. The number of hydrogen-bond donors (Lipinski definition) is 2. The second-order valence-electron chi connectivity index (χ2n) is 7.50. The van der Waals surface area contributed by atoms with Gasteiger partial charge < -0.3 is 15.0 Å². The average molecular weight is 493 g/mol. The van der Waals surface area contributed by atoms with Gasteiger partial charge >= 0.3 is 0 Å². The van der Waals surface area contributed by atoms with Crippen LogP contribution in [0.15, 0.2) is 54.4 Å². The van der Waals surface area contributed by atoms with Crippen LogP contribution in [-0.2, 0) is 4.79 Å². The van der Waals surface area contributed by atoms with Gasteiger partial charge in [0.05, 0.1) is 18.7 Å². The number of rotatable bonds is 8. The van der Waals surface area contributed by atoms with Crippen molar-refractivity contribution < 1.29 is 22.7 Å². The first-order valence-electron chi connectivity index (χ1n) is 10.4. The number of hydrogen-bond acceptors (Lipinski definition) is 6. The third kappa shape index (κ3) is 5.84. The number of aromatic nitrogens is 4. The van der Waals surface area contributed by atoms with Gasteiger partial charge in [0.1, 0.15) is 11.6 Å². The van der Waals surface area contributed by atoms with Crippen LogP contribution in [0, 0.1) is 0 Å². The summed E-state index contributed by atoms with van der Waals surface area (Å²) >= 11 is 5.84. The summed E-state index contributed by atoms with van der Waals surface area (Å²) in [4.78, 5) is 14.8. The summed E-state index contributed by atoms with van der Waals surface area (Å²) in [6.07, 6.45) is -2.97. The molecule has 0 saturated carbocycles. The summed E-state index contributed by atoms with van der Waals surface area (Å²) in [5, 5.41) is 16.9. The van der Waals surface area contributed by atoms with E-state index in [-0.39, 0.29) is 29.6 Å². The van der Waals surface area contributed by atoms with Gasteiger partial charge in [-0.05, 0) is 60.2 Å². The number of aromatic amines is 1. The van der Waals surface area contributed by atoms with Gasteiger partial charge in [-0.3, -0.25) is 4.79 Å². The number of benzene rings is 2. The summed E-state index contributed by atoms with van der Waals surface area (Å²) < 4.78 is 45.7. The van der Waals surface area contributed by atoms with Gasteiger partial charge in [-0.15, -0.1) is 10.2 Å². The Morgan fingerprint density at radius 2 is 2.03 bits per heavy atom. The number of anilines is 2. The standard InChI is InChI=1S/C22H20ClF3N6O2/c23-13-3-6-16(7-4-13)34-19(11-20(25)26)22(33)27-18-8-5-15(32-9-1-2-14(24)12-32)10-17(18)21-28-30-31-29-21/h2-8,10,19-20H,1,9,11-12H2,(H,27,33)(H,28,29,30,31)/t19-/m0/s1. The molecule has 0 fully saturated rings. The average Bonchev–Trinajstić information content (AvgIpc) is 3.35. The number of nitrogens with one attached hydrogen (secondary N) is 2. The Morgan fingerprint density at radius 1 is 1.24 bits per heavy atom. The lowest BCUT2D eigenvalue weighted by molar-refractivity contribution is -0.124. The van der Waals surface area contributed by atoms with Crippen molar-refractivity contribution in [3.8, 4) is 17.1 Å². The summed E-state index contributed by atoms with van der Waals surface area (Å²) in [6.45, 7) is 0.721. The van der Waals surface area contributed by atoms with Gasteiger partial charge in [-0.2, -0.15) is 5.21 Å². The maximum absolute atomic E-state index is 13.8. The number of amides is 1. The van der Waals surface area contributed by atoms with E-state index in [1.165, 1.54) is 30.3 Å². The fourth-order valence-electron chi connectivity index (χ4n) is 3.48. The third-order valence-corrected chi connectivity index (χ3v) is 5.35. The highest BCUT2D eigenvalue weighted by molar-refractivity contribution is 6.30. The number of carbonyl (C=O) groups is 1. The first kappa shape index (κ1) is 23.6. The topological polar surface area (TPSA) is 96.0 Å². The van der Waals surface area contributed by atoms with Crippen LogP contribution in [0.5, 0.6) is 5.75 Å². The van der Waals surface area contributed by atoms with Gasteiger partial charge in [0.25, 0.3) is 5.91 Å². The molecule has 0 saturated heterocycles. The van der Waals surface area contributed by atoms with Crippen molar-refractivity contribution in [2.75, 3.05) is 23.3 Å². The normalized spacial score (nSPS) is 14.6. The van der Waals surface area contributed by atoms with Crippen molar-refractivity contribution >= 4 is 28.9 Å². The van der Waals surface area contributed by atoms with Crippen LogP contribution >= 0.6 is 11.6 Å². The van der Waals surface area contributed by atoms with E-state index in [0.29, 0.717) is 29.2 Å². The second kappa shape index (κ2) is 10.6. The maximum Gasteiger partial charge on any atom is 0.265 e. The number of tetrazole rings is 1. The highest BCUT2D eigenvalue weighted by atomic mass is 35.5. The van der Waals surface area contributed by atoms with E-state index in [2.05, 4.69) is 25.9 Å². The smallest absolute Gasteiger partial charge is 0.265 e. The Bertz CT molecular complexity index is 1160. The highest BCUT2D eigenvalue weighted by Gasteiger charge is 2.27. The number of H-pyrrole nitrogens is 1. The molecule has 1 aliphatic rings. The molecule has 12 heteroatoms. The van der Waals surface area contributed by atoms with Crippen molar-refractivity contribution in [3.63, 3.8) is 0 Å². The van der Waals surface area contributed by atoms with Crippen molar-refractivity contribution in [1.29, 1.82) is 0 Å². The fraction of sp³-hybridized carbons (Fsp3) is 0.273. The van der Waals surface area contributed by atoms with Gasteiger partial charge in [0, 0.05) is 22.8 Å². The molecule has 34 heavy (non-hydrogen) atoms. The predicted octanol–water partition coefficient (Wildman–Crippen LogP) is 4.62. The molecule has 2 aromatic carbocycles. The van der Waals surface area contributed by atoms with Crippen LogP contribution < -0.4 is 15.0 Å². The quantitative estimate of drug-likeness (QED) is 0.476. The Morgan fingerprint density at radius 3 is 2.71 bits per heavy atom. The number of carbonyl (C=O) groups excluding carboxylic acids is 1. The van der Waals surface area contributed by atoms with E-state index in [9.17, 15) is 18.0 Å². The second-order valence-corrected chi connectivity index (χ2v) is 7.94. The molecule has 8 nitrogen and oxygen atoms in total. The molecular formula is C22H20ClF3N6O2. The van der Waals surface area contributed by atoms with Crippen LogP contribution in [0.25, 0.3) is 11.4 Å². The molecule has 0 unspecified atom stereocenters. The minimum atomic E-state index is -2.77. The molecule has 0 aliphatic carbocycles. The summed E-state index contributed by atoms with van der Waals surface area (Å²) in [5.41, 5.74) is 1.33. The lowest BCUT2D eigenvalue weighted by Crippen LogP contribution is -2.35. The minimum absolute atomic E-state index is 0.114. The third-order valence-electron chi connectivity index (χ3n) is 5.10. The zero-order chi connectivity index (χ0) is 24.1. The summed E-state index contributed by atoms with van der Waals surface area (Å²) in [6, 6.07) is 11.0. The van der Waals surface area contributed by atoms with E-state index in [4.69, 9.17) is 16.3 Å². The van der Waals surface area contributed by atoms with Gasteiger partial charge in [0.2, 0.25) is 12.2 Å². The molecule has 0 radical (unpaired) electrons. The monoisotopic (exact) mass is 492 g/mol. The molecule has 1 amide bonds. The van der Waals surface area contributed by atoms with E-state index in [0.717, 1.165) is 0 Å². The molecule has 1 aromatic heterocycles. The van der Waals surface area contributed by atoms with Gasteiger partial charge in [-0.1, -0.05) is 11.6 Å². The minimum Gasteiger partial charge on any atom is -0.480 e. The maximum atomic E-state index is 13.8. The molecular weight excluding hydrogens is 473 g/mol. The highest BCUT2D eigenvalue weighted by Crippen LogP contribution is 2.32. The largest absolute Gasteiger partial charge is 0.480 e.